The van der Waals surface area contributed by atoms with Gasteiger partial charge in [0.2, 0.25) is 0 Å². The van der Waals surface area contributed by atoms with Gasteiger partial charge in [-0.15, -0.1) is 0 Å². The normalized spacial score (nSPS) is 25.4. The van der Waals surface area contributed by atoms with E-state index in [0.29, 0.717) is 11.3 Å². The van der Waals surface area contributed by atoms with Gasteiger partial charge in [0.05, 0.1) is 45.7 Å². The maximum Gasteiger partial charge on any atom is 0.338 e. The smallest absolute Gasteiger partial charge is 0.338 e. The van der Waals surface area contributed by atoms with Gasteiger partial charge < -0.3 is 56.9 Å². The van der Waals surface area contributed by atoms with E-state index in [1.807, 2.05) is 158 Å². The number of carbonyl (C=O) groups is 1. The summed E-state index contributed by atoms with van der Waals surface area (Å²) in [5, 5.41) is 14.4. The molecule has 0 saturated carbocycles. The minimum Gasteiger partial charge on any atom is -0.497 e. The molecule has 0 radical (unpaired) electrons. The molecule has 1 N–H and O–H groups in total. The van der Waals surface area contributed by atoms with Gasteiger partial charge >= 0.3 is 5.97 Å². The van der Waals surface area contributed by atoms with Crippen LogP contribution in [0.2, 0.25) is 5.04 Å². The lowest BCUT2D eigenvalue weighted by molar-refractivity contribution is -0.392. The molecule has 7 aromatic rings. The van der Waals surface area contributed by atoms with Crippen molar-refractivity contribution in [1.29, 1.82) is 0 Å². The van der Waals surface area contributed by atoms with Gasteiger partial charge in [-0.2, -0.15) is 0 Å². The van der Waals surface area contributed by atoms with Gasteiger partial charge in [0, 0.05) is 5.56 Å². The van der Waals surface area contributed by atoms with Crippen LogP contribution in [0.1, 0.15) is 59.7 Å². The number of hydrogen-bond acceptors (Lipinski definition) is 13. The third-order valence-corrected chi connectivity index (χ3v) is 19.5. The number of ether oxygens (including phenoxy) is 10. The number of fused-ring (bicyclic) bond motifs is 1. The molecular formula is C64H68O13Si. The van der Waals surface area contributed by atoms with Crippen LogP contribution < -0.4 is 15.1 Å². The van der Waals surface area contributed by atoms with Gasteiger partial charge in [0.25, 0.3) is 8.32 Å². The van der Waals surface area contributed by atoms with Crippen LogP contribution in [0.5, 0.6) is 5.75 Å². The van der Waals surface area contributed by atoms with Crippen molar-refractivity contribution in [3.8, 4) is 5.75 Å². The van der Waals surface area contributed by atoms with Gasteiger partial charge in [0.15, 0.2) is 25.0 Å². The second kappa shape index (κ2) is 25.6. The van der Waals surface area contributed by atoms with Gasteiger partial charge in [-0.3, -0.25) is 0 Å². The average molecular weight is 1070 g/mol. The topological polar surface area (TPSA) is 139 Å². The predicted octanol–water partition coefficient (Wildman–Crippen LogP) is 9.49. The number of benzene rings is 7. The number of hydrogen-bond donors (Lipinski definition) is 1. The molecule has 1 unspecified atom stereocenters. The molecule has 7 aromatic carbocycles. The minimum absolute atomic E-state index is 0.0443. The van der Waals surface area contributed by atoms with E-state index in [9.17, 15) is 9.90 Å². The Labute approximate surface area is 457 Å². The van der Waals surface area contributed by atoms with Gasteiger partial charge in [0.1, 0.15) is 48.5 Å². The minimum atomic E-state index is -3.27. The number of methoxy groups -OCH3 is 1. The number of aliphatic hydroxyl groups excluding tert-OH is 1. The molecule has 406 valence electrons. The fraction of sp³-hybridized carbons (Fsp3) is 0.328. The zero-order valence-electron chi connectivity index (χ0n) is 44.4. The molecule has 13 nitrogen and oxygen atoms in total. The van der Waals surface area contributed by atoms with Crippen molar-refractivity contribution < 1.29 is 61.7 Å². The lowest BCUT2D eigenvalue weighted by Crippen LogP contribution is -2.69. The first kappa shape index (κ1) is 55.0. The Bertz CT molecular complexity index is 2880. The van der Waals surface area contributed by atoms with Crippen LogP contribution in [-0.4, -0.2) is 101 Å². The van der Waals surface area contributed by atoms with Crippen molar-refractivity contribution in [3.05, 3.63) is 234 Å². The van der Waals surface area contributed by atoms with Gasteiger partial charge in [-0.05, 0) is 56.4 Å². The monoisotopic (exact) mass is 1070 g/mol. The number of esters is 1. The van der Waals surface area contributed by atoms with E-state index in [-0.39, 0.29) is 33.0 Å². The van der Waals surface area contributed by atoms with Crippen molar-refractivity contribution >= 4 is 24.7 Å². The molecular weight excluding hydrogens is 1000 g/mol. The molecule has 11 atom stereocenters. The van der Waals surface area contributed by atoms with Crippen molar-refractivity contribution in [1.82, 2.24) is 0 Å². The van der Waals surface area contributed by atoms with Crippen LogP contribution in [0.3, 0.4) is 0 Å². The second-order valence-corrected chi connectivity index (χ2v) is 25.1. The largest absolute Gasteiger partial charge is 0.497 e. The lowest BCUT2D eigenvalue weighted by atomic mass is 9.95. The Morgan fingerprint density at radius 1 is 0.564 bits per heavy atom. The van der Waals surface area contributed by atoms with Crippen molar-refractivity contribution in [2.75, 3.05) is 20.3 Å². The van der Waals surface area contributed by atoms with E-state index >= 15 is 0 Å². The van der Waals surface area contributed by atoms with Crippen LogP contribution in [-0.2, 0) is 66.9 Å². The Kier molecular flexibility index (Phi) is 18.0. The third-order valence-electron chi connectivity index (χ3n) is 14.5. The Morgan fingerprint density at radius 2 is 1.08 bits per heavy atom. The van der Waals surface area contributed by atoms with E-state index < -0.39 is 87.0 Å². The first-order valence-corrected chi connectivity index (χ1v) is 28.5. The highest BCUT2D eigenvalue weighted by Gasteiger charge is 2.57. The quantitative estimate of drug-likeness (QED) is 0.0574. The summed E-state index contributed by atoms with van der Waals surface area (Å²) < 4.78 is 74.8. The highest BCUT2D eigenvalue weighted by atomic mass is 28.4. The maximum atomic E-state index is 14.5. The summed E-state index contributed by atoms with van der Waals surface area (Å²) in [4.78, 5) is 14.5. The summed E-state index contributed by atoms with van der Waals surface area (Å²) in [6.45, 7) is 6.90. The highest BCUT2D eigenvalue weighted by Crippen LogP contribution is 2.41. The first-order valence-electron chi connectivity index (χ1n) is 26.6. The fourth-order valence-electron chi connectivity index (χ4n) is 10.6. The Morgan fingerprint density at radius 3 is 1.64 bits per heavy atom. The summed E-state index contributed by atoms with van der Waals surface area (Å²) >= 11 is 0. The van der Waals surface area contributed by atoms with Crippen molar-refractivity contribution in [2.45, 2.75) is 113 Å². The zero-order chi connectivity index (χ0) is 53.9. The van der Waals surface area contributed by atoms with E-state index in [2.05, 4.69) is 45.0 Å². The SMILES string of the molecule is COc1ccc(CO[C@H]2[C@H](O[C@H]3[C@H](OCc4ccccc4)[C@@H](OC(=O)c4ccccc4)[C@H](OCc4ccccc4)O[C@@H]3CO[Si](c3ccccc3)(c3ccccc3)C(C)(C)C)O[C@@H]3COC(c4ccccc4)O[C@@H]3[C@@H]2O)cc1. The molecule has 3 aliphatic rings. The summed E-state index contributed by atoms with van der Waals surface area (Å²) in [5.41, 5.74) is 3.65. The number of rotatable bonds is 20. The van der Waals surface area contributed by atoms with Crippen LogP contribution >= 0.6 is 0 Å². The van der Waals surface area contributed by atoms with Crippen molar-refractivity contribution in [3.63, 3.8) is 0 Å². The molecule has 3 saturated heterocycles. The third kappa shape index (κ3) is 12.7. The molecule has 0 aliphatic carbocycles. The Balaban J connectivity index is 1.08. The standard InChI is InChI=1S/C64H68O13Si/c1-64(2,3)78(50-31-19-9-20-32-50,51-33-21-10-22-34-51)72-43-53-56(77-63-57(68-40-46-35-37-49(67-4)38-36-46)54(65)55-52(74-63)42-71-61(76-55)48-29-17-8-18-30-48)58(69-39-44-23-11-5-12-24-44)59(75-60(66)47-27-15-7-16-28-47)62(73-53)70-41-45-25-13-6-14-26-45/h5-38,52-59,61-63,65H,39-43H2,1-4H3/t52-,53-,54+,55+,56-,57-,58+,59-,61?,62-,63+/m1/s1. The molecule has 3 aliphatic heterocycles. The van der Waals surface area contributed by atoms with E-state index in [0.717, 1.165) is 32.6 Å². The molecule has 3 fully saturated rings. The number of aliphatic hydroxyl groups is 1. The second-order valence-electron chi connectivity index (χ2n) is 20.7. The van der Waals surface area contributed by atoms with E-state index in [4.69, 9.17) is 51.8 Å². The first-order chi connectivity index (χ1) is 38.1. The molecule has 0 spiro atoms. The fourth-order valence-corrected chi connectivity index (χ4v) is 15.2. The molecule has 3 heterocycles. The highest BCUT2D eigenvalue weighted by molar-refractivity contribution is 6.99. The lowest BCUT2D eigenvalue weighted by Gasteiger charge is -2.51. The maximum absolute atomic E-state index is 14.5. The summed E-state index contributed by atoms with van der Waals surface area (Å²) in [6, 6.07) is 65.9. The average Bonchev–Trinajstić information content (AvgIpc) is 3.64. The molecule has 10 rings (SSSR count). The molecule has 0 amide bonds. The summed E-state index contributed by atoms with van der Waals surface area (Å²) in [7, 11) is -1.66. The van der Waals surface area contributed by atoms with Crippen LogP contribution in [0.25, 0.3) is 0 Å². The van der Waals surface area contributed by atoms with E-state index in [1.54, 1.807) is 31.4 Å². The van der Waals surface area contributed by atoms with Gasteiger partial charge in [-0.1, -0.05) is 203 Å². The number of carbonyl (C=O) groups excluding carboxylic acids is 1. The van der Waals surface area contributed by atoms with Crippen LogP contribution in [0, 0.1) is 0 Å². The molecule has 0 aromatic heterocycles. The Hall–Kier alpha value is -6.37. The summed E-state index contributed by atoms with van der Waals surface area (Å²) in [5.74, 6) is 0.0640. The van der Waals surface area contributed by atoms with Gasteiger partial charge in [-0.25, -0.2) is 4.79 Å². The zero-order valence-corrected chi connectivity index (χ0v) is 45.4. The molecule has 0 bridgehead atoms. The van der Waals surface area contributed by atoms with Crippen LogP contribution in [0.4, 0.5) is 0 Å². The van der Waals surface area contributed by atoms with E-state index in [1.165, 1.54) is 0 Å². The molecule has 78 heavy (non-hydrogen) atoms. The summed E-state index contributed by atoms with van der Waals surface area (Å²) in [6.07, 6.45) is -12.0. The predicted molar refractivity (Wildman–Crippen MR) is 295 cm³/mol. The van der Waals surface area contributed by atoms with Crippen LogP contribution in [0.15, 0.2) is 206 Å². The van der Waals surface area contributed by atoms with Crippen molar-refractivity contribution in [2.24, 2.45) is 0 Å². The molecule has 14 heteroatoms.